The number of hydrogen-bond acceptors (Lipinski definition) is 4. The molecule has 0 aromatic heterocycles. The van der Waals surface area contributed by atoms with Gasteiger partial charge in [0.05, 0.1) is 12.4 Å². The van der Waals surface area contributed by atoms with Gasteiger partial charge in [0.1, 0.15) is 6.10 Å². The Labute approximate surface area is 106 Å². The summed E-state index contributed by atoms with van der Waals surface area (Å²) in [7, 11) is 0. The molecule has 0 saturated heterocycles. The second kappa shape index (κ2) is 6.42. The van der Waals surface area contributed by atoms with Crippen LogP contribution in [-0.2, 0) is 9.59 Å². The van der Waals surface area contributed by atoms with E-state index in [2.05, 4.69) is 0 Å². The van der Waals surface area contributed by atoms with E-state index in [-0.39, 0.29) is 58.2 Å². The number of carboxylic acid groups (broad SMARTS) is 2. The molecule has 0 spiro atoms. The van der Waals surface area contributed by atoms with Crippen molar-refractivity contribution in [3.63, 3.8) is 0 Å². The maximum atomic E-state index is 9.66. The number of hydrogen-bond donors (Lipinski definition) is 2. The van der Waals surface area contributed by atoms with Gasteiger partial charge in [0.25, 0.3) is 0 Å². The van der Waals surface area contributed by atoms with E-state index in [1.807, 2.05) is 0 Å². The molecule has 0 aliphatic carbocycles. The van der Waals surface area contributed by atoms with Gasteiger partial charge in [-0.3, -0.25) is 4.79 Å². The second-order valence-corrected chi connectivity index (χ2v) is 1.43. The molecule has 52 valence electrons. The SMILES string of the molecule is O=C(O)CC(O)C(=O)[O-].[Rb+]. The van der Waals surface area contributed by atoms with Gasteiger partial charge < -0.3 is 20.1 Å². The van der Waals surface area contributed by atoms with Crippen molar-refractivity contribution < 1.29 is 83.1 Å². The fraction of sp³-hybridized carbons (Fsp3) is 0.500. The van der Waals surface area contributed by atoms with Crippen LogP contribution >= 0.6 is 0 Å². The van der Waals surface area contributed by atoms with E-state index in [0.717, 1.165) is 0 Å². The minimum atomic E-state index is -1.90. The number of rotatable bonds is 3. The van der Waals surface area contributed by atoms with Crippen molar-refractivity contribution in [2.45, 2.75) is 12.5 Å². The Morgan fingerprint density at radius 2 is 1.90 bits per heavy atom. The van der Waals surface area contributed by atoms with Crippen LogP contribution in [0.25, 0.3) is 0 Å². The Morgan fingerprint density at radius 3 is 2.00 bits per heavy atom. The summed E-state index contributed by atoms with van der Waals surface area (Å²) in [5.41, 5.74) is 0. The minimum Gasteiger partial charge on any atom is -0.547 e. The summed E-state index contributed by atoms with van der Waals surface area (Å²) in [5, 5.41) is 25.7. The first kappa shape index (κ1) is 13.3. The van der Waals surface area contributed by atoms with E-state index < -0.39 is 24.5 Å². The van der Waals surface area contributed by atoms with Gasteiger partial charge in [0.15, 0.2) is 0 Å². The summed E-state index contributed by atoms with van der Waals surface area (Å²) < 4.78 is 0. The van der Waals surface area contributed by atoms with Crippen LogP contribution in [0.3, 0.4) is 0 Å². The summed E-state index contributed by atoms with van der Waals surface area (Å²) in [6, 6.07) is 0. The van der Waals surface area contributed by atoms with E-state index in [4.69, 9.17) is 10.2 Å². The van der Waals surface area contributed by atoms with Gasteiger partial charge in [0.2, 0.25) is 0 Å². The average molecular weight is 219 g/mol. The predicted octanol–water partition coefficient (Wildman–Crippen LogP) is -5.42. The van der Waals surface area contributed by atoms with Crippen LogP contribution in [0.5, 0.6) is 0 Å². The first-order valence-corrected chi connectivity index (χ1v) is 2.14. The summed E-state index contributed by atoms with van der Waals surface area (Å²) in [5.74, 6) is -3.14. The van der Waals surface area contributed by atoms with Crippen molar-refractivity contribution in [3.8, 4) is 0 Å². The third-order valence-corrected chi connectivity index (χ3v) is 0.640. The van der Waals surface area contributed by atoms with Gasteiger partial charge in [-0.15, -0.1) is 0 Å². The monoisotopic (exact) mass is 218 g/mol. The zero-order valence-electron chi connectivity index (χ0n) is 5.40. The number of carboxylic acids is 2. The van der Waals surface area contributed by atoms with Crippen LogP contribution in [0, 0.1) is 0 Å². The summed E-state index contributed by atoms with van der Waals surface area (Å²) in [6.07, 6.45) is -2.72. The Hall–Kier alpha value is 0.705. The fourth-order valence-electron chi connectivity index (χ4n) is 0.249. The first-order valence-electron chi connectivity index (χ1n) is 2.14. The van der Waals surface area contributed by atoms with Gasteiger partial charge in [-0.25, -0.2) is 0 Å². The number of aliphatic hydroxyl groups excluding tert-OH is 1. The maximum Gasteiger partial charge on any atom is 1.00 e. The maximum absolute atomic E-state index is 9.66. The number of carbonyl (C=O) groups excluding carboxylic acids is 1. The topological polar surface area (TPSA) is 97.7 Å². The van der Waals surface area contributed by atoms with Crippen LogP contribution in [0.4, 0.5) is 0 Å². The van der Waals surface area contributed by atoms with Gasteiger partial charge in [-0.2, -0.15) is 0 Å². The average Bonchev–Trinajstić information content (AvgIpc) is 1.63. The van der Waals surface area contributed by atoms with E-state index in [1.165, 1.54) is 0 Å². The van der Waals surface area contributed by atoms with Crippen molar-refractivity contribution in [1.29, 1.82) is 0 Å². The molecule has 0 radical (unpaired) electrons. The molecule has 0 aliphatic heterocycles. The molecule has 1 atom stereocenters. The van der Waals surface area contributed by atoms with Crippen LogP contribution in [0.2, 0.25) is 0 Å². The molecule has 0 saturated carbocycles. The van der Waals surface area contributed by atoms with E-state index >= 15 is 0 Å². The summed E-state index contributed by atoms with van der Waals surface area (Å²) in [4.78, 5) is 19.3. The Morgan fingerprint density at radius 1 is 1.50 bits per heavy atom. The number of carbonyl (C=O) groups is 2. The molecule has 0 fully saturated rings. The van der Waals surface area contributed by atoms with Crippen LogP contribution in [-0.4, -0.2) is 28.3 Å². The first-order chi connectivity index (χ1) is 4.04. The molecule has 0 amide bonds. The van der Waals surface area contributed by atoms with E-state index in [9.17, 15) is 14.7 Å². The second-order valence-electron chi connectivity index (χ2n) is 1.43. The Kier molecular flexibility index (Phi) is 8.54. The Bertz CT molecular complexity index is 134. The molecule has 5 nitrogen and oxygen atoms in total. The molecule has 0 aliphatic rings. The molecular formula is C4H5O5Rb. The quantitative estimate of drug-likeness (QED) is 0.493. The van der Waals surface area contributed by atoms with Crippen LogP contribution < -0.4 is 63.3 Å². The number of aliphatic carboxylic acids is 2. The molecule has 0 rings (SSSR count). The standard InChI is InChI=1S/C4H6O5.Rb/c5-2(4(8)9)1-3(6)7;/h2,5H,1H2,(H,6,7)(H,8,9);/q;+1/p-1. The van der Waals surface area contributed by atoms with Crippen molar-refractivity contribution in [1.82, 2.24) is 0 Å². The molecule has 0 aromatic rings. The van der Waals surface area contributed by atoms with E-state index in [1.54, 1.807) is 0 Å². The van der Waals surface area contributed by atoms with Crippen LogP contribution in [0.15, 0.2) is 0 Å². The van der Waals surface area contributed by atoms with Crippen molar-refractivity contribution in [2.24, 2.45) is 0 Å². The number of aliphatic hydroxyl groups is 1. The summed E-state index contributed by atoms with van der Waals surface area (Å²) in [6.45, 7) is 0. The molecule has 2 N–H and O–H groups in total. The van der Waals surface area contributed by atoms with Gasteiger partial charge in [-0.05, 0) is 0 Å². The zero-order valence-corrected chi connectivity index (χ0v) is 10.3. The molecular weight excluding hydrogens is 214 g/mol. The van der Waals surface area contributed by atoms with Crippen molar-refractivity contribution >= 4 is 11.9 Å². The van der Waals surface area contributed by atoms with E-state index in [0.29, 0.717) is 0 Å². The van der Waals surface area contributed by atoms with Crippen molar-refractivity contribution in [2.75, 3.05) is 0 Å². The third kappa shape index (κ3) is 6.82. The summed E-state index contributed by atoms with van der Waals surface area (Å²) >= 11 is 0. The normalized spacial score (nSPS) is 11.3. The van der Waals surface area contributed by atoms with Crippen molar-refractivity contribution in [3.05, 3.63) is 0 Å². The molecule has 0 heterocycles. The van der Waals surface area contributed by atoms with Gasteiger partial charge in [-0.1, -0.05) is 0 Å². The molecule has 0 bridgehead atoms. The Balaban J connectivity index is 0. The molecule has 6 heteroatoms. The molecule has 0 aromatic carbocycles. The van der Waals surface area contributed by atoms with Gasteiger partial charge >= 0.3 is 64.2 Å². The molecule has 10 heavy (non-hydrogen) atoms. The largest absolute Gasteiger partial charge is 1.00 e. The third-order valence-electron chi connectivity index (χ3n) is 0.640. The van der Waals surface area contributed by atoms with Crippen LogP contribution in [0.1, 0.15) is 6.42 Å². The minimum absolute atomic E-state index is 0. The smallest absolute Gasteiger partial charge is 0.547 e. The fourth-order valence-corrected chi connectivity index (χ4v) is 0.249. The predicted molar refractivity (Wildman–Crippen MR) is 23.3 cm³/mol. The molecule has 1 unspecified atom stereocenters. The van der Waals surface area contributed by atoms with Gasteiger partial charge in [0, 0.05) is 0 Å². The zero-order chi connectivity index (χ0) is 7.44.